The Morgan fingerprint density at radius 2 is 0.734 bits per heavy atom. The van der Waals surface area contributed by atoms with Gasteiger partial charge in [0.15, 0.2) is 0 Å². The van der Waals surface area contributed by atoms with Crippen molar-refractivity contribution in [1.29, 1.82) is 0 Å². The first-order chi connectivity index (χ1) is 38.4. The number of rotatable bonds is 20. The average molecular weight is 1140 g/mol. The zero-order valence-electron chi connectivity index (χ0n) is 45.0. The summed E-state index contributed by atoms with van der Waals surface area (Å²) in [7, 11) is -2.77. The summed E-state index contributed by atoms with van der Waals surface area (Å²) in [6.07, 6.45) is 4.12. The monoisotopic (exact) mass is 1140 g/mol. The van der Waals surface area contributed by atoms with Crippen LogP contribution in [-0.2, 0) is 29.0 Å². The summed E-state index contributed by atoms with van der Waals surface area (Å²) in [5, 5.41) is 20.7. The van der Waals surface area contributed by atoms with Crippen LogP contribution in [0.15, 0.2) is 304 Å². The third-order valence-electron chi connectivity index (χ3n) is 14.2. The predicted octanol–water partition coefficient (Wildman–Crippen LogP) is 13.3. The zero-order chi connectivity index (χ0) is 53.4. The molecular formula is C73H67FeNP4-6. The topological polar surface area (TPSA) is 12.0 Å². The number of hydrogen-bond donors (Lipinski definition) is 1. The summed E-state index contributed by atoms with van der Waals surface area (Å²) in [5.41, 5.74) is 3.95. The van der Waals surface area contributed by atoms with Crippen molar-refractivity contribution in [3.63, 3.8) is 0 Å². The molecule has 11 aromatic carbocycles. The van der Waals surface area contributed by atoms with E-state index in [1.165, 1.54) is 74.8 Å². The van der Waals surface area contributed by atoms with E-state index in [2.05, 4.69) is 323 Å². The van der Waals surface area contributed by atoms with Crippen LogP contribution >= 0.6 is 31.7 Å². The Morgan fingerprint density at radius 3 is 1.04 bits per heavy atom. The van der Waals surface area contributed by atoms with E-state index in [4.69, 9.17) is 0 Å². The molecule has 0 saturated carbocycles. The van der Waals surface area contributed by atoms with Crippen LogP contribution in [0.3, 0.4) is 0 Å². The Bertz CT molecular complexity index is 3160. The van der Waals surface area contributed by atoms with Crippen molar-refractivity contribution in [3.05, 3.63) is 321 Å². The summed E-state index contributed by atoms with van der Waals surface area (Å²) in [6, 6.07) is 109. The Kier molecular flexibility index (Phi) is 20.8. The van der Waals surface area contributed by atoms with Crippen LogP contribution in [0, 0.1) is 0 Å². The summed E-state index contributed by atoms with van der Waals surface area (Å²) in [5.74, 6) is 0. The smallest absolute Gasteiger partial charge is 0.0205 e. The van der Waals surface area contributed by atoms with Gasteiger partial charge in [-0.3, -0.25) is 0 Å². The second kappa shape index (κ2) is 28.7. The fourth-order valence-electron chi connectivity index (χ4n) is 10.1. The quantitative estimate of drug-likeness (QED) is 0.0347. The molecule has 0 amide bonds. The molecule has 0 aliphatic carbocycles. The molecule has 0 heterocycles. The van der Waals surface area contributed by atoms with Gasteiger partial charge in [-0.25, -0.2) is 15.8 Å². The van der Waals surface area contributed by atoms with Gasteiger partial charge in [-0.1, -0.05) is 342 Å². The van der Waals surface area contributed by atoms with Crippen LogP contribution in [0.5, 0.6) is 0 Å². The largest absolute Gasteiger partial charge is 0.747 e. The van der Waals surface area contributed by atoms with Crippen molar-refractivity contribution in [2.75, 3.05) is 6.54 Å². The molecule has 0 fully saturated rings. The maximum Gasteiger partial charge on any atom is 0.0205 e. The van der Waals surface area contributed by atoms with Crippen molar-refractivity contribution in [2.45, 2.75) is 38.6 Å². The van der Waals surface area contributed by atoms with Crippen molar-refractivity contribution in [3.8, 4) is 0 Å². The van der Waals surface area contributed by atoms with Crippen LogP contribution in [-0.4, -0.2) is 6.54 Å². The standard InChI is InChI=1S/C44H44NP2.C29H23P2.Fe/c1-4-35-26-28-36(29-27-35)34-45-31-17-30-44(2,3)37-32-42(46(38-18-9-5-10-19-38)39-20-11-6-12-21-39)43(33-37)47(40-22-13-7-14-23-40)41-24-15-8-16-25-41;1-5-14-24(15-6-1)30(25-16-7-2-8-17-25)28-22-13-23-29(28)31(26-18-9-3-10-19-26)27-20-11-4-12-21-27;/h4-16,18-29,32-33,45H,1,17,30-31,34H2,2-3H3;1-23H;/q-1;-5;. The normalized spacial score (nSPS) is 11.3. The SMILES string of the molecule is C=Cc1ccc(CNCCCC(C)(C)[c-]2cc(P(c3ccccc3)c3ccccc3)c(P(c3ccccc3)c3ccccc3)c2)cc1.[Fe].c1ccc(P(c2ccccc2)[c-]2[cH-][cH-][cH-][c-]2P(c2ccccc2)c2ccccc2)cc1. The van der Waals surface area contributed by atoms with E-state index >= 15 is 0 Å². The number of benzene rings is 9. The van der Waals surface area contributed by atoms with Crippen molar-refractivity contribution < 1.29 is 17.1 Å². The molecule has 0 spiro atoms. The van der Waals surface area contributed by atoms with Crippen LogP contribution < -0.4 is 69.0 Å². The Balaban J connectivity index is 0.000000205. The van der Waals surface area contributed by atoms with E-state index in [1.807, 2.05) is 6.08 Å². The molecule has 0 saturated heterocycles. The minimum absolute atomic E-state index is 0. The molecule has 79 heavy (non-hydrogen) atoms. The summed E-state index contributed by atoms with van der Waals surface area (Å²) in [6.45, 7) is 10.6. The molecule has 0 radical (unpaired) electrons. The zero-order valence-corrected chi connectivity index (χ0v) is 49.7. The van der Waals surface area contributed by atoms with E-state index < -0.39 is 31.7 Å². The van der Waals surface area contributed by atoms with Gasteiger partial charge >= 0.3 is 0 Å². The van der Waals surface area contributed by atoms with Gasteiger partial charge < -0.3 is 34.1 Å². The van der Waals surface area contributed by atoms with E-state index in [0.717, 1.165) is 31.5 Å². The van der Waals surface area contributed by atoms with Crippen molar-refractivity contribution >= 4 is 101 Å². The van der Waals surface area contributed by atoms with Crippen LogP contribution in [0.2, 0.25) is 0 Å². The van der Waals surface area contributed by atoms with Crippen LogP contribution in [0.25, 0.3) is 6.08 Å². The van der Waals surface area contributed by atoms with Gasteiger partial charge in [-0.15, -0.1) is 0 Å². The van der Waals surface area contributed by atoms with Gasteiger partial charge in [0.1, 0.15) is 0 Å². The van der Waals surface area contributed by atoms with E-state index in [9.17, 15) is 0 Å². The van der Waals surface area contributed by atoms with Crippen LogP contribution in [0.1, 0.15) is 43.4 Å². The molecule has 0 aliphatic rings. The molecule has 11 aromatic rings. The molecule has 6 heteroatoms. The summed E-state index contributed by atoms with van der Waals surface area (Å²) >= 11 is 0. The van der Waals surface area contributed by atoms with Gasteiger partial charge in [-0.05, 0) is 45.3 Å². The Morgan fingerprint density at radius 1 is 0.430 bits per heavy atom. The van der Waals surface area contributed by atoms with Gasteiger partial charge in [0.05, 0.1) is 0 Å². The number of hydrogen-bond acceptors (Lipinski definition) is 1. The first-order valence-corrected chi connectivity index (χ1v) is 32.4. The predicted molar refractivity (Wildman–Crippen MR) is 349 cm³/mol. The summed E-state index contributed by atoms with van der Waals surface area (Å²) in [4.78, 5) is 0. The van der Waals surface area contributed by atoms with Gasteiger partial charge in [-0.2, -0.15) is 28.3 Å². The Labute approximate surface area is 486 Å². The van der Waals surface area contributed by atoms with E-state index in [0.29, 0.717) is 0 Å². The maximum atomic E-state index is 3.87. The minimum atomic E-state index is -0.757. The third kappa shape index (κ3) is 14.5. The third-order valence-corrected chi connectivity index (χ3v) is 24.5. The molecule has 398 valence electrons. The molecule has 0 aromatic heterocycles. The molecule has 0 aliphatic heterocycles. The second-order valence-electron chi connectivity index (χ2n) is 19.9. The fourth-order valence-corrected chi connectivity index (χ4v) is 20.7. The van der Waals surface area contributed by atoms with E-state index in [-0.39, 0.29) is 22.5 Å². The van der Waals surface area contributed by atoms with Crippen molar-refractivity contribution in [2.24, 2.45) is 0 Å². The molecule has 0 atom stereocenters. The van der Waals surface area contributed by atoms with Gasteiger partial charge in [0, 0.05) is 23.6 Å². The first kappa shape index (κ1) is 57.3. The molecule has 1 N–H and O–H groups in total. The average Bonchev–Trinajstić information content (AvgIpc) is 4.20. The minimum Gasteiger partial charge on any atom is -0.747 e. The summed E-state index contributed by atoms with van der Waals surface area (Å²) < 4.78 is 0. The fraction of sp³-hybridized carbons (Fsp3) is 0.0959. The second-order valence-corrected chi connectivity index (χ2v) is 28.7. The molecular weight excluding hydrogens is 1070 g/mol. The Hall–Kier alpha value is -6.38. The van der Waals surface area contributed by atoms with Gasteiger partial charge in [0.2, 0.25) is 0 Å². The molecule has 0 unspecified atom stereocenters. The van der Waals surface area contributed by atoms with E-state index in [1.54, 1.807) is 0 Å². The molecule has 11 rings (SSSR count). The number of nitrogens with one attached hydrogen (secondary N) is 1. The van der Waals surface area contributed by atoms with Crippen LogP contribution in [0.4, 0.5) is 0 Å². The molecule has 1 nitrogen and oxygen atoms in total. The van der Waals surface area contributed by atoms with Gasteiger partial charge in [0.25, 0.3) is 0 Å². The van der Waals surface area contributed by atoms with Crippen molar-refractivity contribution in [1.82, 2.24) is 5.32 Å². The molecule has 0 bridgehead atoms. The maximum absolute atomic E-state index is 3.87. The first-order valence-electron chi connectivity index (χ1n) is 27.0.